The molecule has 2 heterocycles. The molecular formula is C22H17ClF3N5O. The van der Waals surface area contributed by atoms with Crippen LogP contribution in [0.1, 0.15) is 21.6 Å². The molecule has 0 aliphatic heterocycles. The predicted octanol–water partition coefficient (Wildman–Crippen LogP) is 5.00. The lowest BCUT2D eigenvalue weighted by atomic mass is 10.2. The van der Waals surface area contributed by atoms with Crippen LogP contribution in [0.5, 0.6) is 0 Å². The molecule has 10 heteroatoms. The highest BCUT2D eigenvalue weighted by Crippen LogP contribution is 2.34. The monoisotopic (exact) mass is 459 g/mol. The molecule has 0 unspecified atom stereocenters. The fraction of sp³-hybridized carbons (Fsp3) is 0.136. The van der Waals surface area contributed by atoms with Gasteiger partial charge in [0.1, 0.15) is 0 Å². The Bertz CT molecular complexity index is 1250. The van der Waals surface area contributed by atoms with Crippen molar-refractivity contribution in [2.75, 3.05) is 7.05 Å². The third kappa shape index (κ3) is 4.38. The van der Waals surface area contributed by atoms with Gasteiger partial charge in [-0.25, -0.2) is 9.36 Å². The van der Waals surface area contributed by atoms with Gasteiger partial charge < -0.3 is 4.90 Å². The average Bonchev–Trinajstić information content (AvgIpc) is 3.41. The number of amides is 1. The maximum absolute atomic E-state index is 13.9. The Labute approximate surface area is 186 Å². The summed E-state index contributed by atoms with van der Waals surface area (Å²) in [4.78, 5) is 14.1. The molecule has 164 valence electrons. The van der Waals surface area contributed by atoms with Gasteiger partial charge >= 0.3 is 6.18 Å². The van der Waals surface area contributed by atoms with Crippen LogP contribution in [0.3, 0.4) is 0 Å². The third-order valence-electron chi connectivity index (χ3n) is 4.74. The molecule has 32 heavy (non-hydrogen) atoms. The molecule has 6 nitrogen and oxygen atoms in total. The van der Waals surface area contributed by atoms with E-state index in [1.807, 2.05) is 30.3 Å². The zero-order chi connectivity index (χ0) is 22.9. The molecule has 0 radical (unpaired) electrons. The number of carbonyl (C=O) groups is 1. The van der Waals surface area contributed by atoms with Gasteiger partial charge in [0.15, 0.2) is 5.69 Å². The minimum Gasteiger partial charge on any atom is -0.337 e. The molecule has 2 aromatic heterocycles. The van der Waals surface area contributed by atoms with Gasteiger partial charge in [-0.05, 0) is 30.3 Å². The molecule has 4 aromatic rings. The largest absolute Gasteiger partial charge is 0.434 e. The predicted molar refractivity (Wildman–Crippen MR) is 113 cm³/mol. The van der Waals surface area contributed by atoms with E-state index in [0.717, 1.165) is 11.9 Å². The van der Waals surface area contributed by atoms with Gasteiger partial charge in [-0.2, -0.15) is 23.4 Å². The number of hydrogen-bond donors (Lipinski definition) is 0. The van der Waals surface area contributed by atoms with Gasteiger partial charge in [0.2, 0.25) is 0 Å². The van der Waals surface area contributed by atoms with Gasteiger partial charge in [-0.3, -0.25) is 4.79 Å². The fourth-order valence-electron chi connectivity index (χ4n) is 3.30. The number of rotatable bonds is 5. The Morgan fingerprint density at radius 1 is 1.03 bits per heavy atom. The summed E-state index contributed by atoms with van der Waals surface area (Å²) >= 11 is 5.91. The fourth-order valence-corrected chi connectivity index (χ4v) is 3.48. The van der Waals surface area contributed by atoms with Gasteiger partial charge in [-0.15, -0.1) is 0 Å². The number of alkyl halides is 3. The molecule has 0 fully saturated rings. The summed E-state index contributed by atoms with van der Waals surface area (Å²) in [5, 5.41) is 8.33. The molecule has 0 N–H and O–H groups in total. The van der Waals surface area contributed by atoms with Crippen LogP contribution in [0.2, 0.25) is 5.02 Å². The zero-order valence-corrected chi connectivity index (χ0v) is 17.5. The van der Waals surface area contributed by atoms with E-state index in [0.29, 0.717) is 10.2 Å². The summed E-state index contributed by atoms with van der Waals surface area (Å²) in [6.45, 7) is 0.0747. The van der Waals surface area contributed by atoms with Gasteiger partial charge in [-0.1, -0.05) is 35.9 Å². The standard InChI is InChI=1S/C22H17ClF3N5O/c1-29(13-15-11-27-30(14-15)17-7-3-2-4-8-17)21(32)19-12-28-31(20(19)22(24,25)26)18-9-5-6-16(23)10-18/h2-12,14H,13H2,1H3. The van der Waals surface area contributed by atoms with E-state index >= 15 is 0 Å². The second-order valence-electron chi connectivity index (χ2n) is 7.09. The summed E-state index contributed by atoms with van der Waals surface area (Å²) in [5.41, 5.74) is -0.0990. The second-order valence-corrected chi connectivity index (χ2v) is 7.52. The molecule has 0 saturated carbocycles. The Kier molecular flexibility index (Phi) is 5.75. The van der Waals surface area contributed by atoms with Crippen LogP contribution in [0, 0.1) is 0 Å². The molecule has 2 aromatic carbocycles. The normalized spacial score (nSPS) is 11.5. The number of benzene rings is 2. The SMILES string of the molecule is CN(Cc1cnn(-c2ccccc2)c1)C(=O)c1cnn(-c2cccc(Cl)c2)c1C(F)(F)F. The minimum absolute atomic E-state index is 0.0747. The topological polar surface area (TPSA) is 56.0 Å². The molecular weight excluding hydrogens is 443 g/mol. The lowest BCUT2D eigenvalue weighted by molar-refractivity contribution is -0.143. The number of carbonyl (C=O) groups excluding carboxylic acids is 1. The molecule has 0 atom stereocenters. The smallest absolute Gasteiger partial charge is 0.337 e. The lowest BCUT2D eigenvalue weighted by Gasteiger charge is -2.18. The van der Waals surface area contributed by atoms with E-state index in [1.54, 1.807) is 17.1 Å². The van der Waals surface area contributed by atoms with Crippen LogP contribution in [0.15, 0.2) is 73.2 Å². The van der Waals surface area contributed by atoms with Crippen LogP contribution < -0.4 is 0 Å². The first-order valence-corrected chi connectivity index (χ1v) is 9.87. The molecule has 4 rings (SSSR count). The van der Waals surface area contributed by atoms with E-state index in [-0.39, 0.29) is 17.3 Å². The number of halogens is 4. The number of hydrogen-bond acceptors (Lipinski definition) is 3. The van der Waals surface area contributed by atoms with E-state index in [9.17, 15) is 18.0 Å². The van der Waals surface area contributed by atoms with Crippen LogP contribution >= 0.6 is 11.6 Å². The third-order valence-corrected chi connectivity index (χ3v) is 4.98. The minimum atomic E-state index is -4.80. The van der Waals surface area contributed by atoms with E-state index in [1.165, 1.54) is 36.2 Å². The van der Waals surface area contributed by atoms with Crippen LogP contribution in [0.4, 0.5) is 13.2 Å². The first-order valence-electron chi connectivity index (χ1n) is 9.49. The number of para-hydroxylation sites is 1. The molecule has 1 amide bonds. The summed E-state index contributed by atoms with van der Waals surface area (Å²) in [5.74, 6) is -0.807. The molecule has 0 aliphatic carbocycles. The Morgan fingerprint density at radius 2 is 1.75 bits per heavy atom. The Morgan fingerprint density at radius 3 is 2.44 bits per heavy atom. The summed E-state index contributed by atoms with van der Waals surface area (Å²) < 4.78 is 44.0. The van der Waals surface area contributed by atoms with Crippen LogP contribution in [-0.4, -0.2) is 37.4 Å². The average molecular weight is 460 g/mol. The first kappa shape index (κ1) is 21.6. The maximum atomic E-state index is 13.9. The quantitative estimate of drug-likeness (QED) is 0.422. The van der Waals surface area contributed by atoms with Crippen molar-refractivity contribution in [1.29, 1.82) is 0 Å². The highest BCUT2D eigenvalue weighted by Gasteiger charge is 2.41. The Balaban J connectivity index is 1.61. The van der Waals surface area contributed by atoms with Crippen LogP contribution in [-0.2, 0) is 12.7 Å². The Hall–Kier alpha value is -3.59. The summed E-state index contributed by atoms with van der Waals surface area (Å²) in [7, 11) is 1.43. The molecule has 0 bridgehead atoms. The van der Waals surface area contributed by atoms with Crippen molar-refractivity contribution in [3.05, 3.63) is 95.0 Å². The van der Waals surface area contributed by atoms with Crippen LogP contribution in [0.25, 0.3) is 11.4 Å². The first-order chi connectivity index (χ1) is 15.2. The van der Waals surface area contributed by atoms with Crippen molar-refractivity contribution >= 4 is 17.5 Å². The van der Waals surface area contributed by atoms with Crippen molar-refractivity contribution in [2.45, 2.75) is 12.7 Å². The van der Waals surface area contributed by atoms with Crippen molar-refractivity contribution in [2.24, 2.45) is 0 Å². The van der Waals surface area contributed by atoms with Crippen molar-refractivity contribution in [3.63, 3.8) is 0 Å². The zero-order valence-electron chi connectivity index (χ0n) is 16.8. The van der Waals surface area contributed by atoms with Gasteiger partial charge in [0, 0.05) is 30.4 Å². The van der Waals surface area contributed by atoms with Crippen molar-refractivity contribution in [1.82, 2.24) is 24.5 Å². The highest BCUT2D eigenvalue weighted by atomic mass is 35.5. The molecule has 0 saturated heterocycles. The summed E-state index contributed by atoms with van der Waals surface area (Å²) in [6, 6.07) is 15.2. The maximum Gasteiger partial charge on any atom is 0.434 e. The molecule has 0 spiro atoms. The van der Waals surface area contributed by atoms with Crippen molar-refractivity contribution in [3.8, 4) is 11.4 Å². The second kappa shape index (κ2) is 8.51. The van der Waals surface area contributed by atoms with Gasteiger partial charge in [0.25, 0.3) is 5.91 Å². The van der Waals surface area contributed by atoms with Gasteiger partial charge in [0.05, 0.1) is 29.3 Å². The van der Waals surface area contributed by atoms with E-state index < -0.39 is 23.3 Å². The highest BCUT2D eigenvalue weighted by molar-refractivity contribution is 6.30. The summed E-state index contributed by atoms with van der Waals surface area (Å²) in [6.07, 6.45) is -0.588. The lowest BCUT2D eigenvalue weighted by Crippen LogP contribution is -2.28. The van der Waals surface area contributed by atoms with E-state index in [2.05, 4.69) is 10.2 Å². The van der Waals surface area contributed by atoms with E-state index in [4.69, 9.17) is 11.6 Å². The number of nitrogens with zero attached hydrogens (tertiary/aromatic N) is 5. The van der Waals surface area contributed by atoms with Crippen molar-refractivity contribution < 1.29 is 18.0 Å². The molecule has 0 aliphatic rings. The number of aromatic nitrogens is 4.